The zero-order valence-corrected chi connectivity index (χ0v) is 16.2. The second-order valence-corrected chi connectivity index (χ2v) is 9.03. The largest absolute Gasteiger partial charge is 0.354 e. The lowest BCUT2D eigenvalue weighted by atomic mass is 10.1. The number of anilines is 2. The van der Waals surface area contributed by atoms with Crippen molar-refractivity contribution in [3.8, 4) is 0 Å². The topological polar surface area (TPSA) is 72.9 Å². The molecule has 0 bridgehead atoms. The molecule has 3 heterocycles. The maximum absolute atomic E-state index is 12.2. The predicted octanol–water partition coefficient (Wildman–Crippen LogP) is 0.704. The summed E-state index contributed by atoms with van der Waals surface area (Å²) in [6, 6.07) is 1.99. The average Bonchev–Trinajstić information content (AvgIpc) is 2.62. The molecule has 2 saturated heterocycles. The molecule has 2 fully saturated rings. The van der Waals surface area contributed by atoms with Gasteiger partial charge in [0.1, 0.15) is 5.82 Å². The van der Waals surface area contributed by atoms with Crippen LogP contribution in [0.2, 0.25) is 0 Å². The molecule has 2 aliphatic heterocycles. The molecule has 0 N–H and O–H groups in total. The van der Waals surface area contributed by atoms with Gasteiger partial charge in [0, 0.05) is 65.1 Å². The lowest BCUT2D eigenvalue weighted by molar-refractivity contribution is 0.355. The molecule has 1 aromatic heterocycles. The lowest BCUT2D eigenvalue weighted by Crippen LogP contribution is -2.52. The molecule has 0 radical (unpaired) electrons. The van der Waals surface area contributed by atoms with Gasteiger partial charge >= 0.3 is 0 Å². The van der Waals surface area contributed by atoms with Crippen molar-refractivity contribution in [1.29, 1.82) is 0 Å². The van der Waals surface area contributed by atoms with E-state index >= 15 is 0 Å². The fraction of sp³-hybridized carbons (Fsp3) is 0.750. The van der Waals surface area contributed by atoms with Gasteiger partial charge in [-0.3, -0.25) is 0 Å². The van der Waals surface area contributed by atoms with Crippen molar-refractivity contribution in [3.05, 3.63) is 11.8 Å². The molecule has 0 atom stereocenters. The number of aryl methyl sites for hydroxylation is 1. The van der Waals surface area contributed by atoms with Crippen molar-refractivity contribution in [2.24, 2.45) is 0 Å². The van der Waals surface area contributed by atoms with Crippen molar-refractivity contribution < 1.29 is 8.42 Å². The van der Waals surface area contributed by atoms with Gasteiger partial charge in [-0.15, -0.1) is 0 Å². The Balaban J connectivity index is 1.72. The number of rotatable bonds is 4. The Morgan fingerprint density at radius 2 is 1.56 bits per heavy atom. The zero-order valence-electron chi connectivity index (χ0n) is 15.3. The van der Waals surface area contributed by atoms with E-state index in [0.29, 0.717) is 26.2 Å². The van der Waals surface area contributed by atoms with Gasteiger partial charge in [0.05, 0.1) is 0 Å². The van der Waals surface area contributed by atoms with Gasteiger partial charge in [0.25, 0.3) is 10.2 Å². The van der Waals surface area contributed by atoms with E-state index in [1.54, 1.807) is 14.1 Å². The van der Waals surface area contributed by atoms with Crippen LogP contribution in [0.25, 0.3) is 0 Å². The third-order valence-corrected chi connectivity index (χ3v) is 6.76. The molecule has 0 saturated carbocycles. The third-order valence-electron chi connectivity index (χ3n) is 4.82. The van der Waals surface area contributed by atoms with E-state index in [0.717, 1.165) is 30.5 Å². The second kappa shape index (κ2) is 7.43. The quantitative estimate of drug-likeness (QED) is 0.779. The van der Waals surface area contributed by atoms with E-state index in [-0.39, 0.29) is 0 Å². The highest BCUT2D eigenvalue weighted by Gasteiger charge is 2.29. The van der Waals surface area contributed by atoms with Crippen LogP contribution in [0, 0.1) is 6.92 Å². The first kappa shape index (κ1) is 18.3. The smallest absolute Gasteiger partial charge is 0.281 e. The van der Waals surface area contributed by atoms with Gasteiger partial charge in [0.15, 0.2) is 0 Å². The number of hydrogen-bond acceptors (Lipinski definition) is 6. The summed E-state index contributed by atoms with van der Waals surface area (Å²) in [4.78, 5) is 13.8. The SMILES string of the molecule is Cc1cc(N2CCN(S(=O)(=O)N(C)C)CC2)nc(N2CCCCC2)n1. The van der Waals surface area contributed by atoms with E-state index in [1.807, 2.05) is 13.0 Å². The Labute approximate surface area is 150 Å². The summed E-state index contributed by atoms with van der Waals surface area (Å²) < 4.78 is 27.3. The van der Waals surface area contributed by atoms with E-state index in [4.69, 9.17) is 4.98 Å². The lowest BCUT2D eigenvalue weighted by Gasteiger charge is -2.36. The highest BCUT2D eigenvalue weighted by molar-refractivity contribution is 7.86. The molecule has 0 unspecified atom stereocenters. The number of hydrogen-bond donors (Lipinski definition) is 0. The van der Waals surface area contributed by atoms with E-state index in [1.165, 1.54) is 27.9 Å². The predicted molar refractivity (Wildman–Crippen MR) is 99.2 cm³/mol. The molecule has 0 spiro atoms. The normalized spacial score (nSPS) is 20.3. The van der Waals surface area contributed by atoms with Crippen LogP contribution in [-0.4, -0.2) is 80.4 Å². The Hall–Kier alpha value is -1.45. The van der Waals surface area contributed by atoms with Crippen molar-refractivity contribution in [2.75, 3.05) is 63.2 Å². The Morgan fingerprint density at radius 1 is 0.920 bits per heavy atom. The number of piperazine rings is 1. The summed E-state index contributed by atoms with van der Waals surface area (Å²) in [7, 11) is -0.200. The first-order valence-corrected chi connectivity index (χ1v) is 10.3. The third kappa shape index (κ3) is 4.04. The van der Waals surface area contributed by atoms with Crippen LogP contribution in [0.1, 0.15) is 25.0 Å². The summed E-state index contributed by atoms with van der Waals surface area (Å²) in [5.74, 6) is 1.70. The number of nitrogens with zero attached hydrogens (tertiary/aromatic N) is 6. The van der Waals surface area contributed by atoms with Crippen molar-refractivity contribution >= 4 is 22.0 Å². The summed E-state index contributed by atoms with van der Waals surface area (Å²) in [6.07, 6.45) is 3.65. The van der Waals surface area contributed by atoms with Crippen LogP contribution < -0.4 is 9.80 Å². The molecule has 3 rings (SSSR count). The first-order valence-electron chi connectivity index (χ1n) is 8.91. The van der Waals surface area contributed by atoms with Gasteiger partial charge in [0.2, 0.25) is 5.95 Å². The molecule has 25 heavy (non-hydrogen) atoms. The summed E-state index contributed by atoms with van der Waals surface area (Å²) in [5, 5.41) is 0. The zero-order chi connectivity index (χ0) is 18.0. The molecule has 0 aromatic carbocycles. The monoisotopic (exact) mass is 368 g/mol. The van der Waals surface area contributed by atoms with Crippen molar-refractivity contribution in [1.82, 2.24) is 18.6 Å². The van der Waals surface area contributed by atoms with Gasteiger partial charge < -0.3 is 9.80 Å². The highest BCUT2D eigenvalue weighted by Crippen LogP contribution is 2.22. The van der Waals surface area contributed by atoms with Gasteiger partial charge in [-0.05, 0) is 26.2 Å². The fourth-order valence-electron chi connectivity index (χ4n) is 3.31. The average molecular weight is 369 g/mol. The maximum Gasteiger partial charge on any atom is 0.281 e. The van der Waals surface area contributed by atoms with Crippen molar-refractivity contribution in [3.63, 3.8) is 0 Å². The standard InChI is InChI=1S/C16H28N6O2S/c1-14-13-15(18-16(17-14)21-7-5-4-6-8-21)20-9-11-22(12-10-20)25(23,24)19(2)3/h13H,4-12H2,1-3H3. The van der Waals surface area contributed by atoms with E-state index in [9.17, 15) is 8.42 Å². The van der Waals surface area contributed by atoms with E-state index in [2.05, 4.69) is 14.8 Å². The van der Waals surface area contributed by atoms with Crippen LogP contribution >= 0.6 is 0 Å². The molecule has 8 nitrogen and oxygen atoms in total. The fourth-order valence-corrected chi connectivity index (χ4v) is 4.40. The van der Waals surface area contributed by atoms with Gasteiger partial charge in [-0.1, -0.05) is 0 Å². The minimum Gasteiger partial charge on any atom is -0.354 e. The number of piperidine rings is 1. The molecule has 2 aliphatic rings. The minimum atomic E-state index is -3.34. The molecule has 9 heteroatoms. The summed E-state index contributed by atoms with van der Waals surface area (Å²) in [5.41, 5.74) is 0.953. The molecule has 140 valence electrons. The molecular weight excluding hydrogens is 340 g/mol. The van der Waals surface area contributed by atoms with Crippen LogP contribution in [0.5, 0.6) is 0 Å². The minimum absolute atomic E-state index is 0.475. The molecular formula is C16H28N6O2S. The van der Waals surface area contributed by atoms with Crippen LogP contribution in [-0.2, 0) is 10.2 Å². The van der Waals surface area contributed by atoms with Gasteiger partial charge in [-0.2, -0.15) is 22.0 Å². The molecule has 1 aromatic rings. The molecule has 0 amide bonds. The Morgan fingerprint density at radius 3 is 2.16 bits per heavy atom. The van der Waals surface area contributed by atoms with E-state index < -0.39 is 10.2 Å². The highest BCUT2D eigenvalue weighted by atomic mass is 32.2. The summed E-state index contributed by atoms with van der Waals surface area (Å²) in [6.45, 7) is 6.25. The number of aromatic nitrogens is 2. The van der Waals surface area contributed by atoms with Crippen LogP contribution in [0.15, 0.2) is 6.07 Å². The van der Waals surface area contributed by atoms with Crippen LogP contribution in [0.4, 0.5) is 11.8 Å². The second-order valence-electron chi connectivity index (χ2n) is 6.89. The first-order chi connectivity index (χ1) is 11.9. The van der Waals surface area contributed by atoms with Crippen molar-refractivity contribution in [2.45, 2.75) is 26.2 Å². The van der Waals surface area contributed by atoms with Gasteiger partial charge in [-0.25, -0.2) is 4.98 Å². The Kier molecular flexibility index (Phi) is 5.45. The maximum atomic E-state index is 12.2. The Bertz CT molecular complexity index is 695. The molecule has 0 aliphatic carbocycles. The summed E-state index contributed by atoms with van der Waals surface area (Å²) >= 11 is 0. The van der Waals surface area contributed by atoms with Crippen LogP contribution in [0.3, 0.4) is 0 Å².